The van der Waals surface area contributed by atoms with Gasteiger partial charge in [-0.15, -0.1) is 0 Å². The molecule has 1 fully saturated rings. The summed E-state index contributed by atoms with van der Waals surface area (Å²) < 4.78 is 29.7. The van der Waals surface area contributed by atoms with Crippen molar-refractivity contribution in [2.45, 2.75) is 69.5 Å². The molecule has 0 spiro atoms. The van der Waals surface area contributed by atoms with Crippen molar-refractivity contribution in [2.24, 2.45) is 0 Å². The maximum absolute atomic E-state index is 14.1. The van der Waals surface area contributed by atoms with E-state index in [1.165, 1.54) is 23.1 Å². The van der Waals surface area contributed by atoms with E-state index in [0.717, 1.165) is 52.0 Å². The molecular formula is C31H35BrClN3O4S. The Kier molecular flexibility index (Phi) is 10.5. The van der Waals surface area contributed by atoms with Gasteiger partial charge >= 0.3 is 0 Å². The highest BCUT2D eigenvalue weighted by molar-refractivity contribution is 9.10. The molecule has 1 aliphatic rings. The molecule has 0 heterocycles. The average Bonchev–Trinajstić information content (AvgIpc) is 2.95. The fourth-order valence-electron chi connectivity index (χ4n) is 4.98. The first-order valence-electron chi connectivity index (χ1n) is 13.7. The van der Waals surface area contributed by atoms with Gasteiger partial charge in [-0.1, -0.05) is 82.7 Å². The van der Waals surface area contributed by atoms with Gasteiger partial charge in [0.2, 0.25) is 11.8 Å². The van der Waals surface area contributed by atoms with Crippen LogP contribution >= 0.6 is 27.5 Å². The quantitative estimate of drug-likeness (QED) is 0.270. The zero-order valence-corrected chi connectivity index (χ0v) is 26.4. The highest BCUT2D eigenvalue weighted by Gasteiger charge is 2.33. The van der Waals surface area contributed by atoms with E-state index in [2.05, 4.69) is 21.2 Å². The van der Waals surface area contributed by atoms with Gasteiger partial charge in [-0.25, -0.2) is 8.42 Å². The van der Waals surface area contributed by atoms with Crippen LogP contribution in [0.2, 0.25) is 5.02 Å². The van der Waals surface area contributed by atoms with Crippen LogP contribution in [0.1, 0.15) is 50.2 Å². The van der Waals surface area contributed by atoms with Crippen LogP contribution in [0, 0.1) is 6.92 Å². The van der Waals surface area contributed by atoms with Crippen molar-refractivity contribution in [1.82, 2.24) is 10.2 Å². The number of hydrogen-bond acceptors (Lipinski definition) is 4. The number of nitrogens with zero attached hydrogens (tertiary/aromatic N) is 2. The third-order valence-electron chi connectivity index (χ3n) is 7.34. The summed E-state index contributed by atoms with van der Waals surface area (Å²) in [6.07, 6.45) is 5.10. The Bertz CT molecular complexity index is 1480. The van der Waals surface area contributed by atoms with Crippen molar-refractivity contribution in [1.29, 1.82) is 0 Å². The van der Waals surface area contributed by atoms with Crippen LogP contribution in [0.3, 0.4) is 0 Å². The summed E-state index contributed by atoms with van der Waals surface area (Å²) in [6.45, 7) is 3.18. The number of halogens is 2. The minimum atomic E-state index is -4.15. The molecule has 3 aromatic rings. The van der Waals surface area contributed by atoms with Crippen molar-refractivity contribution in [3.8, 4) is 0 Å². The molecule has 0 unspecified atom stereocenters. The van der Waals surface area contributed by atoms with Crippen LogP contribution in [0.5, 0.6) is 0 Å². The lowest BCUT2D eigenvalue weighted by Gasteiger charge is -2.33. The molecule has 2 amide bonds. The summed E-state index contributed by atoms with van der Waals surface area (Å²) in [5, 5.41) is 3.45. The third-order valence-corrected chi connectivity index (χ3v) is 9.86. The zero-order chi connectivity index (χ0) is 29.6. The largest absolute Gasteiger partial charge is 0.352 e. The van der Waals surface area contributed by atoms with Gasteiger partial charge in [0, 0.05) is 22.1 Å². The summed E-state index contributed by atoms with van der Waals surface area (Å²) in [6, 6.07) is 19.6. The van der Waals surface area contributed by atoms with Crippen LogP contribution in [0.15, 0.2) is 82.2 Å². The SMILES string of the molecule is Cc1ccc(S(=O)(=O)N(CC(=O)N(Cc2cccc(Br)c2)[C@@H](C)C(=O)NC2CCCCC2)c2cccc(Cl)c2)cc1. The standard InChI is InChI=1S/C31H35BrClN3O4S/c1-22-14-16-29(17-15-22)41(39,40)36(28-13-7-10-26(33)19-28)21-30(37)35(20-24-8-6-9-25(32)18-24)23(2)31(38)34-27-11-4-3-5-12-27/h6-10,13-19,23,27H,3-5,11-12,20-21H2,1-2H3,(H,34,38)/t23-/m0/s1. The Labute approximate surface area is 256 Å². The lowest BCUT2D eigenvalue weighted by molar-refractivity contribution is -0.139. The molecule has 41 heavy (non-hydrogen) atoms. The first-order chi connectivity index (χ1) is 19.5. The molecular weight excluding hydrogens is 626 g/mol. The van der Waals surface area contributed by atoms with E-state index < -0.39 is 28.5 Å². The number of carbonyl (C=O) groups excluding carboxylic acids is 2. The predicted octanol–water partition coefficient (Wildman–Crippen LogP) is 6.47. The molecule has 7 nitrogen and oxygen atoms in total. The number of benzene rings is 3. The number of anilines is 1. The molecule has 10 heteroatoms. The number of nitrogens with one attached hydrogen (secondary N) is 1. The van der Waals surface area contributed by atoms with E-state index >= 15 is 0 Å². The molecule has 0 bridgehead atoms. The van der Waals surface area contributed by atoms with E-state index in [1.54, 1.807) is 37.3 Å². The molecule has 1 atom stereocenters. The molecule has 1 N–H and O–H groups in total. The van der Waals surface area contributed by atoms with Gasteiger partial charge in [-0.3, -0.25) is 13.9 Å². The normalized spacial score (nSPS) is 14.7. The van der Waals surface area contributed by atoms with Gasteiger partial charge in [0.1, 0.15) is 12.6 Å². The van der Waals surface area contributed by atoms with Gasteiger partial charge in [-0.05, 0) is 74.7 Å². The molecule has 1 aliphatic carbocycles. The van der Waals surface area contributed by atoms with Crippen molar-refractivity contribution in [3.05, 3.63) is 93.4 Å². The number of rotatable bonds is 10. The summed E-state index contributed by atoms with van der Waals surface area (Å²) in [5.74, 6) is -0.761. The second kappa shape index (κ2) is 13.9. The van der Waals surface area contributed by atoms with Gasteiger partial charge in [0.15, 0.2) is 0 Å². The van der Waals surface area contributed by atoms with E-state index in [-0.39, 0.29) is 29.1 Å². The number of carbonyl (C=O) groups is 2. The molecule has 3 aromatic carbocycles. The van der Waals surface area contributed by atoms with Crippen LogP contribution < -0.4 is 9.62 Å². The van der Waals surface area contributed by atoms with E-state index in [9.17, 15) is 18.0 Å². The third kappa shape index (κ3) is 8.11. The molecule has 218 valence electrons. The summed E-state index contributed by atoms with van der Waals surface area (Å²) >= 11 is 9.71. The maximum Gasteiger partial charge on any atom is 0.264 e. The first-order valence-corrected chi connectivity index (χ1v) is 16.3. The van der Waals surface area contributed by atoms with Crippen LogP contribution in [-0.2, 0) is 26.2 Å². The molecule has 4 rings (SSSR count). The summed E-state index contributed by atoms with van der Waals surface area (Å²) in [5.41, 5.74) is 1.97. The second-order valence-electron chi connectivity index (χ2n) is 10.5. The fourth-order valence-corrected chi connectivity index (χ4v) is 7.02. The molecule has 1 saturated carbocycles. The highest BCUT2D eigenvalue weighted by Crippen LogP contribution is 2.27. The Morgan fingerprint density at radius 3 is 2.34 bits per heavy atom. The van der Waals surface area contributed by atoms with Gasteiger partial charge in [-0.2, -0.15) is 0 Å². The minimum Gasteiger partial charge on any atom is -0.352 e. The smallest absolute Gasteiger partial charge is 0.264 e. The van der Waals surface area contributed by atoms with E-state index in [1.807, 2.05) is 31.2 Å². The Hall–Kier alpha value is -2.88. The molecule has 0 aromatic heterocycles. The Morgan fingerprint density at radius 2 is 1.68 bits per heavy atom. The molecule has 0 radical (unpaired) electrons. The number of aryl methyl sites for hydroxylation is 1. The van der Waals surface area contributed by atoms with E-state index in [0.29, 0.717) is 5.02 Å². The van der Waals surface area contributed by atoms with Gasteiger partial charge < -0.3 is 10.2 Å². The Morgan fingerprint density at radius 1 is 1.00 bits per heavy atom. The van der Waals surface area contributed by atoms with Crippen LogP contribution in [-0.4, -0.2) is 43.8 Å². The Balaban J connectivity index is 1.68. The zero-order valence-electron chi connectivity index (χ0n) is 23.2. The van der Waals surface area contributed by atoms with Crippen molar-refractivity contribution < 1.29 is 18.0 Å². The average molecular weight is 661 g/mol. The van der Waals surface area contributed by atoms with Crippen molar-refractivity contribution in [2.75, 3.05) is 10.8 Å². The van der Waals surface area contributed by atoms with Crippen LogP contribution in [0.25, 0.3) is 0 Å². The van der Waals surface area contributed by atoms with Crippen molar-refractivity contribution >= 4 is 55.1 Å². The van der Waals surface area contributed by atoms with Crippen molar-refractivity contribution in [3.63, 3.8) is 0 Å². The van der Waals surface area contributed by atoms with Gasteiger partial charge in [0.05, 0.1) is 10.6 Å². The highest BCUT2D eigenvalue weighted by atomic mass is 79.9. The van der Waals surface area contributed by atoms with Crippen LogP contribution in [0.4, 0.5) is 5.69 Å². The molecule has 0 saturated heterocycles. The fraction of sp³-hybridized carbons (Fsp3) is 0.355. The second-order valence-corrected chi connectivity index (χ2v) is 13.7. The minimum absolute atomic E-state index is 0.0532. The maximum atomic E-state index is 14.1. The predicted molar refractivity (Wildman–Crippen MR) is 166 cm³/mol. The molecule has 0 aliphatic heterocycles. The number of sulfonamides is 1. The van der Waals surface area contributed by atoms with E-state index in [4.69, 9.17) is 11.6 Å². The van der Waals surface area contributed by atoms with Gasteiger partial charge in [0.25, 0.3) is 10.0 Å². The summed E-state index contributed by atoms with van der Waals surface area (Å²) in [4.78, 5) is 29.0. The lowest BCUT2D eigenvalue weighted by atomic mass is 9.95. The first kappa shape index (κ1) is 31.1. The topological polar surface area (TPSA) is 86.8 Å². The number of hydrogen-bond donors (Lipinski definition) is 1. The summed E-state index contributed by atoms with van der Waals surface area (Å²) in [7, 11) is -4.15. The number of amides is 2. The monoisotopic (exact) mass is 659 g/mol. The lowest BCUT2D eigenvalue weighted by Crippen LogP contribution is -2.53.